The molecule has 1 aliphatic rings. The summed E-state index contributed by atoms with van der Waals surface area (Å²) in [5, 5.41) is 0. The minimum atomic E-state index is -0.0205. The average Bonchev–Trinajstić information content (AvgIpc) is 3.56. The van der Waals surface area contributed by atoms with Crippen molar-refractivity contribution in [2.24, 2.45) is 11.8 Å². The van der Waals surface area contributed by atoms with E-state index in [1.54, 1.807) is 0 Å². The lowest BCUT2D eigenvalue weighted by atomic mass is 9.99. The van der Waals surface area contributed by atoms with E-state index in [2.05, 4.69) is 25.9 Å². The van der Waals surface area contributed by atoms with Crippen LogP contribution < -0.4 is 0 Å². The van der Waals surface area contributed by atoms with Crippen LogP contribution >= 0.6 is 0 Å². The number of rotatable bonds is 25. The van der Waals surface area contributed by atoms with Crippen molar-refractivity contribution in [3.8, 4) is 0 Å². The standard InChI is InChI=1S/C31H61NO2/c1-5-7-8-9-10-14-19-24-30(32(3)4)25-20-15-12-11-13-17-22-28-27-29(28)23-18-16-21-26-31(33)34-6-2/h28-30H,5-27H2,1-4H3. The Balaban J connectivity index is 1.87. The Morgan fingerprint density at radius 3 is 1.68 bits per heavy atom. The van der Waals surface area contributed by atoms with Crippen LogP contribution in [0.3, 0.4) is 0 Å². The third-order valence-electron chi connectivity index (χ3n) is 8.06. The van der Waals surface area contributed by atoms with Gasteiger partial charge in [0.25, 0.3) is 0 Å². The Morgan fingerprint density at radius 1 is 0.706 bits per heavy atom. The molecule has 1 aliphatic carbocycles. The monoisotopic (exact) mass is 479 g/mol. The lowest BCUT2D eigenvalue weighted by Crippen LogP contribution is -2.27. The van der Waals surface area contributed by atoms with Crippen LogP contribution in [-0.4, -0.2) is 37.6 Å². The van der Waals surface area contributed by atoms with Crippen LogP contribution in [0.1, 0.15) is 155 Å². The van der Waals surface area contributed by atoms with Gasteiger partial charge in [0.15, 0.2) is 0 Å². The molecule has 0 amide bonds. The van der Waals surface area contributed by atoms with Crippen LogP contribution in [0.2, 0.25) is 0 Å². The summed E-state index contributed by atoms with van der Waals surface area (Å²) in [6.45, 7) is 4.69. The van der Waals surface area contributed by atoms with Crippen molar-refractivity contribution in [3.05, 3.63) is 0 Å². The van der Waals surface area contributed by atoms with Crippen molar-refractivity contribution in [3.63, 3.8) is 0 Å². The maximum atomic E-state index is 11.3. The molecule has 3 atom stereocenters. The largest absolute Gasteiger partial charge is 0.466 e. The van der Waals surface area contributed by atoms with Crippen molar-refractivity contribution in [1.82, 2.24) is 4.90 Å². The van der Waals surface area contributed by atoms with Gasteiger partial charge in [-0.05, 0) is 58.5 Å². The van der Waals surface area contributed by atoms with E-state index in [4.69, 9.17) is 4.74 Å². The van der Waals surface area contributed by atoms with Crippen LogP contribution in [0.15, 0.2) is 0 Å². The molecule has 0 heterocycles. The van der Waals surface area contributed by atoms with E-state index in [9.17, 15) is 4.79 Å². The molecule has 0 aliphatic heterocycles. The normalized spacial score (nSPS) is 18.4. The lowest BCUT2D eigenvalue weighted by Gasteiger charge is -2.24. The maximum Gasteiger partial charge on any atom is 0.305 e. The summed E-state index contributed by atoms with van der Waals surface area (Å²) < 4.78 is 4.99. The Bertz CT molecular complexity index is 464. The van der Waals surface area contributed by atoms with Crippen LogP contribution in [-0.2, 0) is 9.53 Å². The molecular formula is C31H61NO2. The number of carbonyl (C=O) groups excluding carboxylic acids is 1. The van der Waals surface area contributed by atoms with Gasteiger partial charge in [-0.3, -0.25) is 4.79 Å². The van der Waals surface area contributed by atoms with E-state index in [1.807, 2.05) is 6.92 Å². The zero-order valence-corrected chi connectivity index (χ0v) is 23.8. The summed E-state index contributed by atoms with van der Waals surface area (Å²) in [5.74, 6) is 2.01. The minimum absolute atomic E-state index is 0.0205. The molecule has 34 heavy (non-hydrogen) atoms. The Morgan fingerprint density at radius 2 is 1.18 bits per heavy atom. The van der Waals surface area contributed by atoms with E-state index < -0.39 is 0 Å². The second-order valence-electron chi connectivity index (χ2n) is 11.4. The summed E-state index contributed by atoms with van der Waals surface area (Å²) in [7, 11) is 4.56. The van der Waals surface area contributed by atoms with Gasteiger partial charge in [-0.15, -0.1) is 0 Å². The van der Waals surface area contributed by atoms with Crippen LogP contribution in [0.5, 0.6) is 0 Å². The molecule has 0 saturated heterocycles. The zero-order valence-electron chi connectivity index (χ0n) is 23.8. The molecular weight excluding hydrogens is 418 g/mol. The first kappa shape index (κ1) is 31.5. The Hall–Kier alpha value is -0.570. The molecule has 3 heteroatoms. The molecule has 0 aromatic carbocycles. The van der Waals surface area contributed by atoms with Gasteiger partial charge >= 0.3 is 5.97 Å². The fourth-order valence-corrected chi connectivity index (χ4v) is 5.59. The van der Waals surface area contributed by atoms with E-state index in [0.29, 0.717) is 13.0 Å². The van der Waals surface area contributed by atoms with Crippen molar-refractivity contribution in [2.75, 3.05) is 20.7 Å². The van der Waals surface area contributed by atoms with Gasteiger partial charge in [0.05, 0.1) is 6.61 Å². The van der Waals surface area contributed by atoms with E-state index in [1.165, 1.54) is 128 Å². The Labute approximate surface area is 214 Å². The SMILES string of the molecule is CCCCCCCCCC(CCCCCCCCC1CC1CCCCCC(=O)OCC)N(C)C. The number of ether oxygens (including phenoxy) is 1. The van der Waals surface area contributed by atoms with E-state index >= 15 is 0 Å². The minimum Gasteiger partial charge on any atom is -0.466 e. The van der Waals surface area contributed by atoms with Crippen LogP contribution in [0.25, 0.3) is 0 Å². The van der Waals surface area contributed by atoms with Crippen LogP contribution in [0, 0.1) is 11.8 Å². The topological polar surface area (TPSA) is 29.5 Å². The Kier molecular flexibility index (Phi) is 20.1. The van der Waals surface area contributed by atoms with E-state index in [0.717, 1.165) is 24.3 Å². The third kappa shape index (κ3) is 17.8. The number of carbonyl (C=O) groups is 1. The van der Waals surface area contributed by atoms with Gasteiger partial charge in [0.1, 0.15) is 0 Å². The first-order chi connectivity index (χ1) is 16.6. The summed E-state index contributed by atoms with van der Waals surface area (Å²) in [6, 6.07) is 0.799. The summed E-state index contributed by atoms with van der Waals surface area (Å²) >= 11 is 0. The molecule has 0 aromatic rings. The van der Waals surface area contributed by atoms with E-state index in [-0.39, 0.29) is 5.97 Å². The summed E-state index contributed by atoms with van der Waals surface area (Å²) in [6.07, 6.45) is 29.8. The highest BCUT2D eigenvalue weighted by Crippen LogP contribution is 2.45. The maximum absolute atomic E-state index is 11.3. The molecule has 0 bridgehead atoms. The summed E-state index contributed by atoms with van der Waals surface area (Å²) in [4.78, 5) is 13.8. The molecule has 0 radical (unpaired) electrons. The zero-order chi connectivity index (χ0) is 24.9. The molecule has 0 N–H and O–H groups in total. The highest BCUT2D eigenvalue weighted by atomic mass is 16.5. The predicted octanol–water partition coefficient (Wildman–Crippen LogP) is 9.33. The highest BCUT2D eigenvalue weighted by molar-refractivity contribution is 5.69. The smallest absolute Gasteiger partial charge is 0.305 e. The molecule has 3 unspecified atom stereocenters. The fraction of sp³-hybridized carbons (Fsp3) is 0.968. The predicted molar refractivity (Wildman–Crippen MR) is 148 cm³/mol. The molecule has 202 valence electrons. The number of nitrogens with zero attached hydrogens (tertiary/aromatic N) is 1. The van der Waals surface area contributed by atoms with Gasteiger partial charge in [-0.1, -0.05) is 116 Å². The number of esters is 1. The molecule has 1 saturated carbocycles. The molecule has 3 nitrogen and oxygen atoms in total. The van der Waals surface area contributed by atoms with Gasteiger partial charge in [-0.25, -0.2) is 0 Å². The second-order valence-corrected chi connectivity index (χ2v) is 11.4. The fourth-order valence-electron chi connectivity index (χ4n) is 5.59. The number of hydrogen-bond donors (Lipinski definition) is 0. The highest BCUT2D eigenvalue weighted by Gasteiger charge is 2.35. The molecule has 0 spiro atoms. The summed E-state index contributed by atoms with van der Waals surface area (Å²) in [5.41, 5.74) is 0. The van der Waals surface area contributed by atoms with Gasteiger partial charge in [0, 0.05) is 12.5 Å². The van der Waals surface area contributed by atoms with Gasteiger partial charge in [0.2, 0.25) is 0 Å². The number of hydrogen-bond acceptors (Lipinski definition) is 3. The van der Waals surface area contributed by atoms with Gasteiger partial charge < -0.3 is 9.64 Å². The number of unbranched alkanes of at least 4 members (excludes halogenated alkanes) is 13. The second kappa shape index (κ2) is 21.7. The quantitative estimate of drug-likeness (QED) is 0.0964. The molecule has 0 aromatic heterocycles. The van der Waals surface area contributed by atoms with Crippen LogP contribution in [0.4, 0.5) is 0 Å². The lowest BCUT2D eigenvalue weighted by molar-refractivity contribution is -0.143. The molecule has 1 fully saturated rings. The van der Waals surface area contributed by atoms with Gasteiger partial charge in [-0.2, -0.15) is 0 Å². The average molecular weight is 480 g/mol. The van der Waals surface area contributed by atoms with Crippen molar-refractivity contribution in [2.45, 2.75) is 161 Å². The van der Waals surface area contributed by atoms with Crippen molar-refractivity contribution < 1.29 is 9.53 Å². The first-order valence-corrected chi connectivity index (χ1v) is 15.4. The third-order valence-corrected chi connectivity index (χ3v) is 8.06. The first-order valence-electron chi connectivity index (χ1n) is 15.4. The van der Waals surface area contributed by atoms with Crippen molar-refractivity contribution >= 4 is 5.97 Å². The van der Waals surface area contributed by atoms with Crippen molar-refractivity contribution in [1.29, 1.82) is 0 Å². The molecule has 1 rings (SSSR count).